The summed E-state index contributed by atoms with van der Waals surface area (Å²) in [4.78, 5) is 10.3. The average Bonchev–Trinajstić information content (AvgIpc) is 2.76. The van der Waals surface area contributed by atoms with Crippen molar-refractivity contribution in [2.75, 3.05) is 4.93 Å². The van der Waals surface area contributed by atoms with Crippen molar-refractivity contribution in [3.8, 4) is 6.07 Å². The van der Waals surface area contributed by atoms with Gasteiger partial charge in [-0.25, -0.2) is 0 Å². The Morgan fingerprint density at radius 2 is 1.36 bits per heavy atom. The van der Waals surface area contributed by atoms with E-state index < -0.39 is 0 Å². The number of hydrogen-bond acceptors (Lipinski definition) is 4. The molecule has 0 saturated heterocycles. The molecule has 0 N–H and O–H groups in total. The Balaban J connectivity index is 0.000000431. The predicted octanol–water partition coefficient (Wildman–Crippen LogP) is 6.25. The first-order valence-corrected chi connectivity index (χ1v) is 10.6. The summed E-state index contributed by atoms with van der Waals surface area (Å²) in [5.41, 5.74) is 2.64. The Kier molecular flexibility index (Phi) is 13.9. The van der Waals surface area contributed by atoms with Gasteiger partial charge in [0.2, 0.25) is 0 Å². The molecule has 7 heteroatoms. The number of fused-ring (bicyclic) bond motifs is 2. The molecule has 2 aromatic heterocycles. The number of benzene rings is 2. The van der Waals surface area contributed by atoms with E-state index in [1.165, 1.54) is 5.39 Å². The van der Waals surface area contributed by atoms with E-state index in [1.54, 1.807) is 18.5 Å². The van der Waals surface area contributed by atoms with Crippen LogP contribution in [-0.4, -0.2) is 14.9 Å². The van der Waals surface area contributed by atoms with E-state index >= 15 is 0 Å². The largest absolute Gasteiger partial charge is 1.00 e. The average molecular weight is 594 g/mol. The van der Waals surface area contributed by atoms with Gasteiger partial charge in [0.1, 0.15) is 0 Å². The summed E-state index contributed by atoms with van der Waals surface area (Å²) >= 11 is 5.55. The van der Waals surface area contributed by atoms with Crippen LogP contribution in [0.1, 0.15) is 5.56 Å². The minimum absolute atomic E-state index is 0. The minimum Gasteiger partial charge on any atom is -0.512 e. The summed E-state index contributed by atoms with van der Waals surface area (Å²) in [6.45, 7) is 4.75. The second-order valence-electron chi connectivity index (χ2n) is 4.86. The SMILES string of the molecule is Brc1ccc2ncccc2c1.CI.N#Cc1ccc2ncccc2c1.[C-]#N.[Cu+]. The molecular formula is C21H15BrCuIN4. The first kappa shape index (κ1) is 26.0. The van der Waals surface area contributed by atoms with Crippen molar-refractivity contribution in [2.24, 2.45) is 0 Å². The third-order valence-corrected chi connectivity index (χ3v) is 3.79. The summed E-state index contributed by atoms with van der Waals surface area (Å²) < 4.78 is 1.10. The standard InChI is InChI=1S/C10H6N2.C9H6BrN.CH3I.CN.Cu/c11-7-8-3-4-10-9(6-8)2-1-5-12-10;10-8-3-4-9-7(6-8)2-1-5-11-9;2*1-2;/h1-6H;1-6H;1H3;;/q;;;-1;+1. The van der Waals surface area contributed by atoms with Crippen LogP contribution in [0.5, 0.6) is 0 Å². The van der Waals surface area contributed by atoms with Crippen LogP contribution in [0.2, 0.25) is 0 Å². The molecule has 4 nitrogen and oxygen atoms in total. The van der Waals surface area contributed by atoms with Gasteiger partial charge in [-0.2, -0.15) is 5.26 Å². The van der Waals surface area contributed by atoms with Crippen LogP contribution in [0.25, 0.3) is 21.8 Å². The van der Waals surface area contributed by atoms with E-state index in [2.05, 4.69) is 60.6 Å². The van der Waals surface area contributed by atoms with Gasteiger partial charge in [-0.1, -0.05) is 50.7 Å². The maximum absolute atomic E-state index is 8.63. The van der Waals surface area contributed by atoms with Gasteiger partial charge in [-0.15, -0.1) is 0 Å². The molecule has 4 aromatic rings. The van der Waals surface area contributed by atoms with Crippen molar-refractivity contribution >= 4 is 60.3 Å². The molecule has 0 spiro atoms. The van der Waals surface area contributed by atoms with Gasteiger partial charge in [0.15, 0.2) is 0 Å². The second-order valence-corrected chi connectivity index (χ2v) is 5.78. The quantitative estimate of drug-likeness (QED) is 0.105. The van der Waals surface area contributed by atoms with Gasteiger partial charge < -0.3 is 11.8 Å². The molecule has 4 rings (SSSR count). The van der Waals surface area contributed by atoms with E-state index in [1.807, 2.05) is 53.5 Å². The van der Waals surface area contributed by atoms with Gasteiger partial charge in [-0.3, -0.25) is 9.97 Å². The van der Waals surface area contributed by atoms with E-state index in [0.717, 1.165) is 20.9 Å². The maximum Gasteiger partial charge on any atom is 1.00 e. The molecule has 28 heavy (non-hydrogen) atoms. The second kappa shape index (κ2) is 15.0. The molecule has 0 atom stereocenters. The molecule has 0 radical (unpaired) electrons. The zero-order valence-electron chi connectivity index (χ0n) is 14.8. The number of pyridine rings is 2. The Morgan fingerprint density at radius 1 is 0.857 bits per heavy atom. The van der Waals surface area contributed by atoms with E-state index in [0.29, 0.717) is 5.56 Å². The van der Waals surface area contributed by atoms with Crippen molar-refractivity contribution in [3.63, 3.8) is 0 Å². The fourth-order valence-corrected chi connectivity index (χ4v) is 2.57. The summed E-state index contributed by atoms with van der Waals surface area (Å²) in [6, 6.07) is 21.4. The first-order valence-electron chi connectivity index (χ1n) is 7.61. The first-order chi connectivity index (χ1) is 13.3. The molecule has 0 aliphatic heterocycles. The fraction of sp³-hybridized carbons (Fsp3) is 0.0476. The number of alkyl halides is 1. The van der Waals surface area contributed by atoms with Crippen LogP contribution in [0.3, 0.4) is 0 Å². The van der Waals surface area contributed by atoms with Crippen LogP contribution in [0.4, 0.5) is 0 Å². The topological polar surface area (TPSA) is 73.4 Å². The number of halogens is 2. The third kappa shape index (κ3) is 7.92. The van der Waals surface area contributed by atoms with Crippen molar-refractivity contribution in [3.05, 3.63) is 89.7 Å². The Bertz CT molecular complexity index is 1060. The normalized spacial score (nSPS) is 8.43. The van der Waals surface area contributed by atoms with Crippen LogP contribution >= 0.6 is 38.5 Å². The summed E-state index contributed by atoms with van der Waals surface area (Å²) in [6.07, 6.45) is 3.55. The predicted molar refractivity (Wildman–Crippen MR) is 121 cm³/mol. The monoisotopic (exact) mass is 592 g/mol. The number of aromatic nitrogens is 2. The van der Waals surface area contributed by atoms with Crippen LogP contribution in [0.15, 0.2) is 77.5 Å². The fourth-order valence-electron chi connectivity index (χ4n) is 2.19. The molecule has 0 bridgehead atoms. The van der Waals surface area contributed by atoms with Gasteiger partial charge in [0.05, 0.1) is 22.7 Å². The molecule has 2 heterocycles. The van der Waals surface area contributed by atoms with Gasteiger partial charge in [0.25, 0.3) is 0 Å². The smallest absolute Gasteiger partial charge is 0.512 e. The molecule has 2 aromatic carbocycles. The van der Waals surface area contributed by atoms with Crippen molar-refractivity contribution in [1.29, 1.82) is 10.5 Å². The molecule has 0 unspecified atom stereocenters. The number of nitrogens with zero attached hydrogens (tertiary/aromatic N) is 4. The third-order valence-electron chi connectivity index (χ3n) is 3.30. The van der Waals surface area contributed by atoms with Gasteiger partial charge in [0, 0.05) is 27.6 Å². The maximum atomic E-state index is 8.63. The van der Waals surface area contributed by atoms with Gasteiger partial charge in [-0.05, 0) is 53.5 Å². The summed E-state index contributed by atoms with van der Waals surface area (Å²) in [5, 5.41) is 17.1. The number of nitriles is 1. The molecule has 144 valence electrons. The zero-order chi connectivity index (χ0) is 20.1. The minimum atomic E-state index is 0. The number of hydrogen-bond donors (Lipinski definition) is 0. The molecule has 0 amide bonds. The molecule has 0 aliphatic rings. The Hall–Kier alpha value is -2.03. The van der Waals surface area contributed by atoms with E-state index in [-0.39, 0.29) is 17.1 Å². The van der Waals surface area contributed by atoms with Crippen LogP contribution < -0.4 is 0 Å². The molecular weight excluding hydrogens is 579 g/mol. The van der Waals surface area contributed by atoms with Crippen LogP contribution in [0, 0.1) is 23.2 Å². The Morgan fingerprint density at radius 3 is 1.89 bits per heavy atom. The van der Waals surface area contributed by atoms with E-state index in [4.69, 9.17) is 17.1 Å². The summed E-state index contributed by atoms with van der Waals surface area (Å²) in [7, 11) is 0. The van der Waals surface area contributed by atoms with Crippen LogP contribution in [-0.2, 0) is 17.1 Å². The van der Waals surface area contributed by atoms with Crippen molar-refractivity contribution in [2.45, 2.75) is 0 Å². The van der Waals surface area contributed by atoms with E-state index in [9.17, 15) is 0 Å². The Labute approximate surface area is 197 Å². The number of rotatable bonds is 0. The van der Waals surface area contributed by atoms with Crippen molar-refractivity contribution < 1.29 is 17.1 Å². The molecule has 0 fully saturated rings. The van der Waals surface area contributed by atoms with Crippen molar-refractivity contribution in [1.82, 2.24) is 9.97 Å². The summed E-state index contributed by atoms with van der Waals surface area (Å²) in [5.74, 6) is 0. The van der Waals surface area contributed by atoms with Gasteiger partial charge >= 0.3 is 17.1 Å². The molecule has 0 aliphatic carbocycles. The zero-order valence-corrected chi connectivity index (χ0v) is 19.5. The molecule has 0 saturated carbocycles.